The van der Waals surface area contributed by atoms with Crippen molar-refractivity contribution in [3.8, 4) is 0 Å². The van der Waals surface area contributed by atoms with Gasteiger partial charge in [0.15, 0.2) is 0 Å². The number of hydrogen-bond donors (Lipinski definition) is 2. The van der Waals surface area contributed by atoms with Crippen molar-refractivity contribution in [2.24, 2.45) is 0 Å². The topological polar surface area (TPSA) is 84.1 Å². The highest BCUT2D eigenvalue weighted by atomic mass is 16.2. The Bertz CT molecular complexity index is 614. The molecule has 6 nitrogen and oxygen atoms in total. The van der Waals surface area contributed by atoms with Crippen molar-refractivity contribution < 1.29 is 4.79 Å². The zero-order valence-electron chi connectivity index (χ0n) is 11.8. The van der Waals surface area contributed by atoms with Crippen molar-refractivity contribution in [2.45, 2.75) is 13.8 Å². The third-order valence-corrected chi connectivity index (χ3v) is 2.99. The molecule has 20 heavy (non-hydrogen) atoms. The summed E-state index contributed by atoms with van der Waals surface area (Å²) >= 11 is 0. The molecule has 0 saturated carbocycles. The Morgan fingerprint density at radius 3 is 2.75 bits per heavy atom. The van der Waals surface area contributed by atoms with Gasteiger partial charge in [0, 0.05) is 18.5 Å². The normalized spacial score (nSPS) is 10.5. The maximum atomic E-state index is 11.8. The van der Waals surface area contributed by atoms with Gasteiger partial charge in [-0.1, -0.05) is 12.1 Å². The third kappa shape index (κ3) is 2.96. The van der Waals surface area contributed by atoms with Crippen LogP contribution in [0.5, 0.6) is 0 Å². The second-order valence-electron chi connectivity index (χ2n) is 4.39. The standard InChI is InChI=1S/C14H19N5O/c1-3-16-12(20)9-19(4-2)13-10-7-5-6-8-11(10)17-14(15)18-13/h5-8H,3-4,9H2,1-2H3,(H,16,20)(H2,15,17,18). The summed E-state index contributed by atoms with van der Waals surface area (Å²) in [6.07, 6.45) is 0. The molecule has 1 aromatic heterocycles. The fraction of sp³-hybridized carbons (Fsp3) is 0.357. The lowest BCUT2D eigenvalue weighted by Crippen LogP contribution is -2.37. The van der Waals surface area contributed by atoms with Gasteiger partial charge in [-0.25, -0.2) is 4.98 Å². The van der Waals surface area contributed by atoms with Crippen LogP contribution in [0.25, 0.3) is 10.9 Å². The monoisotopic (exact) mass is 273 g/mol. The molecule has 0 unspecified atom stereocenters. The van der Waals surface area contributed by atoms with Crippen molar-refractivity contribution in [1.82, 2.24) is 15.3 Å². The first-order valence-electron chi connectivity index (χ1n) is 6.69. The number of amides is 1. The van der Waals surface area contributed by atoms with E-state index in [1.165, 1.54) is 0 Å². The number of nitrogens with one attached hydrogen (secondary N) is 1. The van der Waals surface area contributed by atoms with E-state index < -0.39 is 0 Å². The minimum atomic E-state index is -0.0318. The van der Waals surface area contributed by atoms with Crippen molar-refractivity contribution in [2.75, 3.05) is 30.3 Å². The lowest BCUT2D eigenvalue weighted by molar-refractivity contribution is -0.119. The molecule has 0 fully saturated rings. The van der Waals surface area contributed by atoms with Crippen molar-refractivity contribution in [3.05, 3.63) is 24.3 Å². The summed E-state index contributed by atoms with van der Waals surface area (Å²) in [6, 6.07) is 7.64. The number of carbonyl (C=O) groups excluding carboxylic acids is 1. The molecule has 106 valence electrons. The molecule has 3 N–H and O–H groups in total. The Morgan fingerprint density at radius 1 is 1.30 bits per heavy atom. The van der Waals surface area contributed by atoms with Crippen LogP contribution in [0.4, 0.5) is 11.8 Å². The molecule has 0 aliphatic carbocycles. The second kappa shape index (κ2) is 6.18. The molecule has 1 amide bonds. The quantitative estimate of drug-likeness (QED) is 0.854. The molecular formula is C14H19N5O. The second-order valence-corrected chi connectivity index (χ2v) is 4.39. The summed E-state index contributed by atoms with van der Waals surface area (Å²) < 4.78 is 0. The first kappa shape index (κ1) is 14.0. The Labute approximate surface area is 118 Å². The first-order valence-corrected chi connectivity index (χ1v) is 6.69. The number of para-hydroxylation sites is 1. The van der Waals surface area contributed by atoms with Crippen LogP contribution in [-0.4, -0.2) is 35.5 Å². The van der Waals surface area contributed by atoms with Gasteiger partial charge in [-0.15, -0.1) is 0 Å². The van der Waals surface area contributed by atoms with Gasteiger partial charge in [-0.3, -0.25) is 4.79 Å². The first-order chi connectivity index (χ1) is 9.65. The molecule has 0 aliphatic rings. The van der Waals surface area contributed by atoms with E-state index in [1.807, 2.05) is 43.0 Å². The fourth-order valence-electron chi connectivity index (χ4n) is 2.08. The molecule has 2 aromatic rings. The molecule has 0 atom stereocenters. The zero-order valence-corrected chi connectivity index (χ0v) is 11.8. The van der Waals surface area contributed by atoms with Crippen LogP contribution < -0.4 is 16.0 Å². The van der Waals surface area contributed by atoms with E-state index >= 15 is 0 Å². The summed E-state index contributed by atoms with van der Waals surface area (Å²) in [5.74, 6) is 0.880. The Hall–Kier alpha value is -2.37. The molecule has 0 radical (unpaired) electrons. The molecule has 1 heterocycles. The average molecular weight is 273 g/mol. The molecule has 0 saturated heterocycles. The van der Waals surface area contributed by atoms with E-state index in [0.29, 0.717) is 18.9 Å². The van der Waals surface area contributed by atoms with Gasteiger partial charge in [-0.05, 0) is 26.0 Å². The highest BCUT2D eigenvalue weighted by Gasteiger charge is 2.15. The minimum Gasteiger partial charge on any atom is -0.368 e. The molecule has 0 spiro atoms. The highest BCUT2D eigenvalue weighted by Crippen LogP contribution is 2.24. The molecule has 0 aliphatic heterocycles. The Morgan fingerprint density at radius 2 is 2.05 bits per heavy atom. The van der Waals surface area contributed by atoms with Gasteiger partial charge >= 0.3 is 0 Å². The largest absolute Gasteiger partial charge is 0.368 e. The van der Waals surface area contributed by atoms with E-state index in [9.17, 15) is 4.79 Å². The number of nitrogens with zero attached hydrogens (tertiary/aromatic N) is 3. The predicted octanol–water partition coefficient (Wildman–Crippen LogP) is 1.17. The number of nitrogen functional groups attached to an aromatic ring is 1. The van der Waals surface area contributed by atoms with Gasteiger partial charge in [-0.2, -0.15) is 4.98 Å². The number of rotatable bonds is 5. The number of likely N-dealkylation sites (N-methyl/N-ethyl adjacent to an activating group) is 2. The number of aromatic nitrogens is 2. The van der Waals surface area contributed by atoms with Crippen LogP contribution >= 0.6 is 0 Å². The number of carbonyl (C=O) groups is 1. The number of anilines is 2. The van der Waals surface area contributed by atoms with Crippen molar-refractivity contribution >= 4 is 28.6 Å². The summed E-state index contributed by atoms with van der Waals surface area (Å²) in [5.41, 5.74) is 6.54. The van der Waals surface area contributed by atoms with Crippen molar-refractivity contribution in [3.63, 3.8) is 0 Å². The Kier molecular flexibility index (Phi) is 4.34. The highest BCUT2D eigenvalue weighted by molar-refractivity contribution is 5.92. The minimum absolute atomic E-state index is 0.0318. The zero-order chi connectivity index (χ0) is 14.5. The Balaban J connectivity index is 2.40. The average Bonchev–Trinajstić information content (AvgIpc) is 2.44. The van der Waals surface area contributed by atoms with Crippen LogP contribution in [0.15, 0.2) is 24.3 Å². The van der Waals surface area contributed by atoms with Crippen molar-refractivity contribution in [1.29, 1.82) is 0 Å². The number of hydrogen-bond acceptors (Lipinski definition) is 5. The van der Waals surface area contributed by atoms with E-state index in [1.54, 1.807) is 0 Å². The maximum Gasteiger partial charge on any atom is 0.239 e. The lowest BCUT2D eigenvalue weighted by atomic mass is 10.2. The summed E-state index contributed by atoms with van der Waals surface area (Å²) in [6.45, 7) is 5.41. The van der Waals surface area contributed by atoms with Crippen LogP contribution in [0.1, 0.15) is 13.8 Å². The number of benzene rings is 1. The van der Waals surface area contributed by atoms with Gasteiger partial charge in [0.2, 0.25) is 11.9 Å². The van der Waals surface area contributed by atoms with Gasteiger partial charge in [0.05, 0.1) is 12.1 Å². The van der Waals surface area contributed by atoms with Gasteiger partial charge in [0.1, 0.15) is 5.82 Å². The van der Waals surface area contributed by atoms with E-state index in [-0.39, 0.29) is 18.4 Å². The molecule has 0 bridgehead atoms. The number of nitrogens with two attached hydrogens (primary N) is 1. The summed E-state index contributed by atoms with van der Waals surface area (Å²) in [7, 11) is 0. The van der Waals surface area contributed by atoms with E-state index in [2.05, 4.69) is 15.3 Å². The predicted molar refractivity (Wildman–Crippen MR) is 80.5 cm³/mol. The summed E-state index contributed by atoms with van der Waals surface area (Å²) in [5, 5.41) is 3.68. The van der Waals surface area contributed by atoms with Gasteiger partial charge in [0.25, 0.3) is 0 Å². The molecular weight excluding hydrogens is 254 g/mol. The molecule has 2 rings (SSSR count). The lowest BCUT2D eigenvalue weighted by Gasteiger charge is -2.22. The third-order valence-electron chi connectivity index (χ3n) is 2.99. The molecule has 1 aromatic carbocycles. The summed E-state index contributed by atoms with van der Waals surface area (Å²) in [4.78, 5) is 22.2. The van der Waals surface area contributed by atoms with Crippen LogP contribution in [0, 0.1) is 0 Å². The van der Waals surface area contributed by atoms with Crippen LogP contribution in [0.3, 0.4) is 0 Å². The van der Waals surface area contributed by atoms with Crippen LogP contribution in [-0.2, 0) is 4.79 Å². The maximum absolute atomic E-state index is 11.8. The van der Waals surface area contributed by atoms with E-state index in [0.717, 1.165) is 10.9 Å². The van der Waals surface area contributed by atoms with Crippen LogP contribution in [0.2, 0.25) is 0 Å². The smallest absolute Gasteiger partial charge is 0.239 e. The number of fused-ring (bicyclic) bond motifs is 1. The molecule has 6 heteroatoms. The fourth-order valence-corrected chi connectivity index (χ4v) is 2.08. The van der Waals surface area contributed by atoms with Gasteiger partial charge < -0.3 is 16.0 Å². The van der Waals surface area contributed by atoms with E-state index in [4.69, 9.17) is 5.73 Å². The SMILES string of the molecule is CCNC(=O)CN(CC)c1nc(N)nc2ccccc12.